The summed E-state index contributed by atoms with van der Waals surface area (Å²) >= 11 is 12.9. The molecule has 0 bridgehead atoms. The number of nitrogens with one attached hydrogen (secondary N) is 2. The molecule has 1 aliphatic heterocycles. The van der Waals surface area contributed by atoms with E-state index in [1.165, 1.54) is 24.1 Å². The fraction of sp³-hybridized carbons (Fsp3) is 0.529. The third kappa shape index (κ3) is 4.63. The zero-order valence-corrected chi connectivity index (χ0v) is 16.4. The molecule has 0 spiro atoms. The molecule has 0 unspecified atom stereocenters. The predicted octanol–water partition coefficient (Wildman–Crippen LogP) is 3.81. The van der Waals surface area contributed by atoms with Gasteiger partial charge in [-0.05, 0) is 37.8 Å². The Labute approximate surface area is 166 Å². The molecule has 2 amide bonds. The highest BCUT2D eigenvalue weighted by Crippen LogP contribution is 2.30. The lowest BCUT2D eigenvalue weighted by Crippen LogP contribution is -2.45. The van der Waals surface area contributed by atoms with Crippen LogP contribution in [0.5, 0.6) is 0 Å². The molecule has 0 radical (unpaired) electrons. The molecule has 1 saturated heterocycles. The van der Waals surface area contributed by atoms with Gasteiger partial charge < -0.3 is 4.90 Å². The zero-order valence-electron chi connectivity index (χ0n) is 14.1. The predicted molar refractivity (Wildman–Crippen MR) is 102 cm³/mol. The van der Waals surface area contributed by atoms with Gasteiger partial charge in [0.05, 0.1) is 10.6 Å². The van der Waals surface area contributed by atoms with E-state index in [0.29, 0.717) is 0 Å². The van der Waals surface area contributed by atoms with Crippen molar-refractivity contribution >= 4 is 47.0 Å². The monoisotopic (exact) mass is 419 g/mol. The van der Waals surface area contributed by atoms with Gasteiger partial charge in [0.25, 0.3) is 5.91 Å². The van der Waals surface area contributed by atoms with E-state index >= 15 is 0 Å². The van der Waals surface area contributed by atoms with Crippen molar-refractivity contribution in [2.45, 2.75) is 37.4 Å². The van der Waals surface area contributed by atoms with Gasteiger partial charge in [-0.3, -0.25) is 15.0 Å². The number of rotatable bonds is 5. The molecule has 9 heteroatoms. The molecule has 26 heavy (non-hydrogen) atoms. The minimum atomic E-state index is -0.803. The first-order valence-corrected chi connectivity index (χ1v) is 10.2. The van der Waals surface area contributed by atoms with Gasteiger partial charge in [0, 0.05) is 29.3 Å². The molecule has 5 nitrogen and oxygen atoms in total. The molecule has 2 fully saturated rings. The van der Waals surface area contributed by atoms with Gasteiger partial charge in [-0.15, -0.1) is 0 Å². The van der Waals surface area contributed by atoms with Crippen LogP contribution in [0.25, 0.3) is 0 Å². The van der Waals surface area contributed by atoms with Crippen molar-refractivity contribution in [1.82, 2.24) is 15.2 Å². The molecule has 1 aromatic rings. The third-order valence-corrected chi connectivity index (χ3v) is 6.35. The van der Waals surface area contributed by atoms with Crippen molar-refractivity contribution in [3.8, 4) is 0 Å². The molecule has 0 atom stereocenters. The lowest BCUT2D eigenvalue weighted by atomic mass is 9.84. The largest absolute Gasteiger partial charge is 0.342 e. The fourth-order valence-electron chi connectivity index (χ4n) is 3.06. The summed E-state index contributed by atoms with van der Waals surface area (Å²) in [6.45, 7) is 1.47. The highest BCUT2D eigenvalue weighted by molar-refractivity contribution is 7.98. The molecule has 1 saturated carbocycles. The maximum Gasteiger partial charge on any atom is 0.269 e. The van der Waals surface area contributed by atoms with Crippen molar-refractivity contribution in [3.05, 3.63) is 33.6 Å². The van der Waals surface area contributed by atoms with Crippen LogP contribution in [0.2, 0.25) is 10.0 Å². The highest BCUT2D eigenvalue weighted by Gasteiger charge is 2.31. The lowest BCUT2D eigenvalue weighted by molar-refractivity contribution is -0.139. The Hall–Kier alpha value is -1.02. The number of amides is 2. The highest BCUT2D eigenvalue weighted by atomic mass is 35.5. The molecule has 2 N–H and O–H groups in total. The van der Waals surface area contributed by atoms with Gasteiger partial charge in [0.1, 0.15) is 0 Å². The Morgan fingerprint density at radius 3 is 2.46 bits per heavy atom. The van der Waals surface area contributed by atoms with Crippen molar-refractivity contribution in [2.24, 2.45) is 5.92 Å². The molecule has 2 aliphatic rings. The summed E-state index contributed by atoms with van der Waals surface area (Å²) in [6.07, 6.45) is 4.90. The summed E-state index contributed by atoms with van der Waals surface area (Å²) < 4.78 is 13.9. The summed E-state index contributed by atoms with van der Waals surface area (Å²) in [5, 5.41) is 0.269. The SMILES string of the molecule is O=C(NNSC1CCN(C(=O)C2CCC2)CC1)c1cc(Cl)cc(Cl)c1F. The summed E-state index contributed by atoms with van der Waals surface area (Å²) in [5.74, 6) is -0.925. The van der Waals surface area contributed by atoms with E-state index in [-0.39, 0.29) is 32.7 Å². The lowest BCUT2D eigenvalue weighted by Gasteiger charge is -2.36. The van der Waals surface area contributed by atoms with Gasteiger partial charge >= 0.3 is 0 Å². The first kappa shape index (κ1) is 19.7. The number of likely N-dealkylation sites (tertiary alicyclic amines) is 1. The Balaban J connectivity index is 1.42. The average molecular weight is 420 g/mol. The second-order valence-electron chi connectivity index (χ2n) is 6.58. The van der Waals surface area contributed by atoms with E-state index in [1.54, 1.807) is 0 Å². The average Bonchev–Trinajstić information content (AvgIpc) is 2.57. The molecular formula is C17H20Cl2FN3O2S. The van der Waals surface area contributed by atoms with Gasteiger partial charge in [-0.2, -0.15) is 4.83 Å². The van der Waals surface area contributed by atoms with E-state index in [2.05, 4.69) is 10.3 Å². The molecule has 1 heterocycles. The smallest absolute Gasteiger partial charge is 0.269 e. The topological polar surface area (TPSA) is 61.4 Å². The van der Waals surface area contributed by atoms with Crippen LogP contribution in [0.4, 0.5) is 4.39 Å². The van der Waals surface area contributed by atoms with Gasteiger partial charge in [0.15, 0.2) is 5.82 Å². The van der Waals surface area contributed by atoms with Crippen molar-refractivity contribution in [2.75, 3.05) is 13.1 Å². The summed E-state index contributed by atoms with van der Waals surface area (Å²) in [4.78, 5) is 29.0. The fourth-order valence-corrected chi connectivity index (χ4v) is 4.31. The molecule has 1 aromatic carbocycles. The Morgan fingerprint density at radius 1 is 1.15 bits per heavy atom. The number of hydrogen-bond donors (Lipinski definition) is 2. The molecular weight excluding hydrogens is 400 g/mol. The summed E-state index contributed by atoms with van der Waals surface area (Å²) in [6, 6.07) is 2.48. The first-order chi connectivity index (χ1) is 12.5. The minimum Gasteiger partial charge on any atom is -0.342 e. The normalized spacial score (nSPS) is 18.5. The van der Waals surface area contributed by atoms with E-state index in [1.807, 2.05) is 4.90 Å². The zero-order chi connectivity index (χ0) is 18.7. The van der Waals surface area contributed by atoms with Gasteiger partial charge in [-0.25, -0.2) is 4.39 Å². The summed E-state index contributed by atoms with van der Waals surface area (Å²) in [5.41, 5.74) is 2.24. The Morgan fingerprint density at radius 2 is 1.85 bits per heavy atom. The van der Waals surface area contributed by atoms with E-state index in [0.717, 1.165) is 45.2 Å². The van der Waals surface area contributed by atoms with Crippen LogP contribution in [0, 0.1) is 11.7 Å². The molecule has 1 aliphatic carbocycles. The Kier molecular flexibility index (Phi) is 6.66. The standard InChI is InChI=1S/C17H20Cl2FN3O2S/c18-11-8-13(15(20)14(19)9-11)16(24)21-22-26-12-4-6-23(7-5-12)17(25)10-2-1-3-10/h8-10,12,22H,1-7H2,(H,21,24). The number of hydrazine groups is 1. The number of halogens is 3. The quantitative estimate of drug-likeness (QED) is 0.432. The van der Waals surface area contributed by atoms with Crippen molar-refractivity contribution in [3.63, 3.8) is 0 Å². The van der Waals surface area contributed by atoms with Crippen LogP contribution >= 0.6 is 35.1 Å². The van der Waals surface area contributed by atoms with Crippen LogP contribution < -0.4 is 10.3 Å². The number of carbonyl (C=O) groups is 2. The first-order valence-electron chi connectivity index (χ1n) is 8.60. The van der Waals surface area contributed by atoms with Crippen LogP contribution in [-0.2, 0) is 4.79 Å². The molecule has 142 valence electrons. The number of nitrogens with zero attached hydrogens (tertiary/aromatic N) is 1. The van der Waals surface area contributed by atoms with Crippen LogP contribution in [0.1, 0.15) is 42.5 Å². The van der Waals surface area contributed by atoms with Crippen molar-refractivity contribution < 1.29 is 14.0 Å². The van der Waals surface area contributed by atoms with Crippen LogP contribution in [0.3, 0.4) is 0 Å². The van der Waals surface area contributed by atoms with E-state index in [9.17, 15) is 14.0 Å². The van der Waals surface area contributed by atoms with E-state index < -0.39 is 11.7 Å². The summed E-state index contributed by atoms with van der Waals surface area (Å²) in [7, 11) is 0. The number of carbonyl (C=O) groups excluding carboxylic acids is 2. The number of benzene rings is 1. The van der Waals surface area contributed by atoms with Crippen molar-refractivity contribution in [1.29, 1.82) is 0 Å². The van der Waals surface area contributed by atoms with Gasteiger partial charge in [0.2, 0.25) is 5.91 Å². The van der Waals surface area contributed by atoms with Crippen LogP contribution in [0.15, 0.2) is 12.1 Å². The maximum absolute atomic E-state index is 13.9. The molecule has 3 rings (SSSR count). The van der Waals surface area contributed by atoms with Gasteiger partial charge in [-0.1, -0.05) is 41.6 Å². The number of hydrogen-bond acceptors (Lipinski definition) is 4. The second-order valence-corrected chi connectivity index (χ2v) is 8.53. The Bertz CT molecular complexity index is 695. The van der Waals surface area contributed by atoms with Crippen LogP contribution in [-0.4, -0.2) is 35.1 Å². The third-order valence-electron chi connectivity index (χ3n) is 4.84. The molecule has 0 aromatic heterocycles. The maximum atomic E-state index is 13.9. The van der Waals surface area contributed by atoms with E-state index in [4.69, 9.17) is 23.2 Å². The number of piperidine rings is 1. The minimum absolute atomic E-state index is 0.192. The second kappa shape index (κ2) is 8.78.